The van der Waals surface area contributed by atoms with E-state index >= 15 is 0 Å². The molecule has 4 amide bonds. The zero-order chi connectivity index (χ0) is 21.8. The number of urea groups is 1. The first kappa shape index (κ1) is 20.8. The number of benzene rings is 2. The van der Waals surface area contributed by atoms with Crippen molar-refractivity contribution in [2.24, 2.45) is 0 Å². The molecule has 0 bridgehead atoms. The normalized spacial score (nSPS) is 15.0. The van der Waals surface area contributed by atoms with Gasteiger partial charge in [-0.2, -0.15) is 0 Å². The van der Waals surface area contributed by atoms with Gasteiger partial charge in [-0.05, 0) is 30.3 Å². The number of hydrogen-bond acceptors (Lipinski definition) is 6. The topological polar surface area (TPSA) is 119 Å². The van der Waals surface area contributed by atoms with Gasteiger partial charge in [0.1, 0.15) is 17.9 Å². The van der Waals surface area contributed by atoms with Gasteiger partial charge >= 0.3 is 6.03 Å². The first-order valence-electron chi connectivity index (χ1n) is 8.33. The van der Waals surface area contributed by atoms with Crippen molar-refractivity contribution in [2.75, 3.05) is 11.5 Å². The Labute approximate surface area is 178 Å². The monoisotopic (exact) mass is 469 g/mol. The third-order valence-corrected chi connectivity index (χ3v) is 4.48. The number of hydrogen-bond donors (Lipinski definition) is 1. The third kappa shape index (κ3) is 4.21. The zero-order valence-corrected chi connectivity index (χ0v) is 16.7. The zero-order valence-electron chi connectivity index (χ0n) is 15.1. The summed E-state index contributed by atoms with van der Waals surface area (Å²) in [6, 6.07) is 8.83. The fourth-order valence-electron chi connectivity index (χ4n) is 2.68. The number of terminal acetylenes is 1. The van der Waals surface area contributed by atoms with Gasteiger partial charge in [-0.3, -0.25) is 25.0 Å². The van der Waals surface area contributed by atoms with Crippen LogP contribution in [0.25, 0.3) is 6.08 Å². The first-order chi connectivity index (χ1) is 14.3. The molecule has 1 N–H and O–H groups in total. The van der Waals surface area contributed by atoms with E-state index in [-0.39, 0.29) is 23.6 Å². The molecule has 1 fully saturated rings. The van der Waals surface area contributed by atoms with E-state index in [1.807, 2.05) is 0 Å². The van der Waals surface area contributed by atoms with Gasteiger partial charge < -0.3 is 4.74 Å². The number of nitrogens with zero attached hydrogens (tertiary/aromatic N) is 2. The van der Waals surface area contributed by atoms with Gasteiger partial charge in [0.15, 0.2) is 0 Å². The van der Waals surface area contributed by atoms with Gasteiger partial charge in [-0.1, -0.05) is 27.9 Å². The van der Waals surface area contributed by atoms with Crippen molar-refractivity contribution in [1.82, 2.24) is 5.32 Å². The molecule has 30 heavy (non-hydrogen) atoms. The lowest BCUT2D eigenvalue weighted by Gasteiger charge is -2.26. The number of imide groups is 2. The second kappa shape index (κ2) is 8.59. The second-order valence-corrected chi connectivity index (χ2v) is 6.83. The summed E-state index contributed by atoms with van der Waals surface area (Å²) < 4.78 is 6.08. The van der Waals surface area contributed by atoms with Gasteiger partial charge in [0, 0.05) is 22.2 Å². The number of anilines is 1. The molecule has 0 aromatic heterocycles. The minimum absolute atomic E-state index is 0.0315. The van der Waals surface area contributed by atoms with E-state index in [0.717, 1.165) is 6.07 Å². The van der Waals surface area contributed by atoms with Crippen LogP contribution in [0.5, 0.6) is 5.75 Å². The number of rotatable bonds is 5. The summed E-state index contributed by atoms with van der Waals surface area (Å²) in [5, 5.41) is 13.1. The van der Waals surface area contributed by atoms with Gasteiger partial charge in [0.2, 0.25) is 0 Å². The molecule has 0 saturated carbocycles. The summed E-state index contributed by atoms with van der Waals surface area (Å²) in [6.07, 6.45) is 6.46. The largest absolute Gasteiger partial charge is 0.480 e. The van der Waals surface area contributed by atoms with E-state index in [1.54, 1.807) is 18.2 Å². The van der Waals surface area contributed by atoms with Crippen LogP contribution in [0.4, 0.5) is 16.2 Å². The summed E-state index contributed by atoms with van der Waals surface area (Å²) in [5.74, 6) is 0.796. The first-order valence-corrected chi connectivity index (χ1v) is 9.13. The molecule has 3 rings (SSSR count). The molecule has 0 unspecified atom stereocenters. The number of halogens is 1. The molecule has 2 aromatic carbocycles. The maximum atomic E-state index is 13.0. The molecule has 150 valence electrons. The van der Waals surface area contributed by atoms with E-state index in [9.17, 15) is 24.5 Å². The highest BCUT2D eigenvalue weighted by Crippen LogP contribution is 2.29. The summed E-state index contributed by atoms with van der Waals surface area (Å²) in [4.78, 5) is 48.6. The molecular formula is C20H12BrN3O6. The van der Waals surface area contributed by atoms with Crippen molar-refractivity contribution in [3.63, 3.8) is 0 Å². The number of ether oxygens (including phenoxy) is 1. The van der Waals surface area contributed by atoms with E-state index in [4.69, 9.17) is 11.2 Å². The molecule has 0 radical (unpaired) electrons. The molecular weight excluding hydrogens is 458 g/mol. The Morgan fingerprint density at radius 3 is 2.70 bits per heavy atom. The molecule has 1 heterocycles. The Morgan fingerprint density at radius 2 is 2.00 bits per heavy atom. The number of nitrogens with one attached hydrogen (secondary N) is 1. The van der Waals surface area contributed by atoms with Crippen LogP contribution < -0.4 is 15.0 Å². The van der Waals surface area contributed by atoms with Crippen molar-refractivity contribution >= 4 is 51.2 Å². The van der Waals surface area contributed by atoms with Crippen LogP contribution in [0.15, 0.2) is 52.5 Å². The lowest BCUT2D eigenvalue weighted by atomic mass is 10.1. The van der Waals surface area contributed by atoms with Gasteiger partial charge in [-0.25, -0.2) is 9.69 Å². The molecule has 0 aliphatic carbocycles. The summed E-state index contributed by atoms with van der Waals surface area (Å²) in [5.41, 5.74) is -0.355. The molecule has 10 heteroatoms. The van der Waals surface area contributed by atoms with Crippen LogP contribution in [0.2, 0.25) is 0 Å². The molecule has 1 aliphatic heterocycles. The highest BCUT2D eigenvalue weighted by Gasteiger charge is 2.37. The summed E-state index contributed by atoms with van der Waals surface area (Å²) in [6.45, 7) is -0.0315. The van der Waals surface area contributed by atoms with Crippen LogP contribution in [0, 0.1) is 22.5 Å². The van der Waals surface area contributed by atoms with Crippen LogP contribution in [-0.2, 0) is 9.59 Å². The lowest BCUT2D eigenvalue weighted by Crippen LogP contribution is -2.54. The van der Waals surface area contributed by atoms with Crippen molar-refractivity contribution in [3.05, 3.63) is 68.2 Å². The predicted octanol–water partition coefficient (Wildman–Crippen LogP) is 3.04. The number of nitro groups is 1. The van der Waals surface area contributed by atoms with Crippen molar-refractivity contribution in [3.8, 4) is 18.1 Å². The third-order valence-electron chi connectivity index (χ3n) is 3.98. The number of amides is 4. The average molecular weight is 470 g/mol. The summed E-state index contributed by atoms with van der Waals surface area (Å²) >= 11 is 3.30. The van der Waals surface area contributed by atoms with Gasteiger partial charge in [0.25, 0.3) is 17.5 Å². The van der Waals surface area contributed by atoms with Crippen LogP contribution >= 0.6 is 15.9 Å². The number of carbonyl (C=O) groups is 3. The number of non-ortho nitro benzene ring substituents is 1. The highest BCUT2D eigenvalue weighted by atomic mass is 79.9. The Balaban J connectivity index is 2.05. The van der Waals surface area contributed by atoms with Crippen molar-refractivity contribution < 1.29 is 24.0 Å². The predicted molar refractivity (Wildman–Crippen MR) is 111 cm³/mol. The standard InChI is InChI=1S/C20H12BrN3O6/c1-2-8-30-17-7-6-13(21)9-12(17)10-16-18(25)22-20(27)23(19(16)26)14-4-3-5-15(11-14)24(28)29/h1,3-7,9-11H,8H2,(H,22,25,27)/b16-10+. The molecule has 1 saturated heterocycles. The van der Waals surface area contributed by atoms with E-state index < -0.39 is 22.8 Å². The van der Waals surface area contributed by atoms with Crippen molar-refractivity contribution in [2.45, 2.75) is 0 Å². The second-order valence-electron chi connectivity index (χ2n) is 5.91. The van der Waals surface area contributed by atoms with E-state index in [2.05, 4.69) is 27.2 Å². The Bertz CT molecular complexity index is 1150. The minimum Gasteiger partial charge on any atom is -0.480 e. The number of carbonyl (C=O) groups excluding carboxylic acids is 3. The van der Waals surface area contributed by atoms with Crippen LogP contribution in [-0.4, -0.2) is 29.4 Å². The highest BCUT2D eigenvalue weighted by molar-refractivity contribution is 9.10. The molecule has 0 spiro atoms. The molecule has 1 aliphatic rings. The smallest absolute Gasteiger partial charge is 0.335 e. The Kier molecular flexibility index (Phi) is 5.94. The number of barbiturate groups is 1. The van der Waals surface area contributed by atoms with Crippen LogP contribution in [0.3, 0.4) is 0 Å². The maximum Gasteiger partial charge on any atom is 0.335 e. The van der Waals surface area contributed by atoms with Gasteiger partial charge in [-0.15, -0.1) is 6.42 Å². The van der Waals surface area contributed by atoms with Crippen molar-refractivity contribution in [1.29, 1.82) is 0 Å². The van der Waals surface area contributed by atoms with E-state index in [0.29, 0.717) is 20.7 Å². The molecule has 9 nitrogen and oxygen atoms in total. The molecule has 0 atom stereocenters. The minimum atomic E-state index is -1.01. The van der Waals surface area contributed by atoms with Crippen LogP contribution in [0.1, 0.15) is 5.56 Å². The fourth-order valence-corrected chi connectivity index (χ4v) is 3.05. The molecule has 2 aromatic rings. The summed E-state index contributed by atoms with van der Waals surface area (Å²) in [7, 11) is 0. The number of nitro benzene ring substituents is 1. The maximum absolute atomic E-state index is 13.0. The lowest BCUT2D eigenvalue weighted by molar-refractivity contribution is -0.384. The quantitative estimate of drug-likeness (QED) is 0.236. The van der Waals surface area contributed by atoms with Gasteiger partial charge in [0.05, 0.1) is 10.6 Å². The Morgan fingerprint density at radius 1 is 1.23 bits per heavy atom. The fraction of sp³-hybridized carbons (Fsp3) is 0.0500. The Hall–Kier alpha value is -3.97. The SMILES string of the molecule is C#CCOc1ccc(Br)cc1/C=C1\C(=O)NC(=O)N(c2cccc([N+](=O)[O-])c2)C1=O. The van der Waals surface area contributed by atoms with E-state index in [1.165, 1.54) is 24.3 Å². The average Bonchev–Trinajstić information content (AvgIpc) is 2.70.